The average molecular weight is 332 g/mol. The Kier molecular flexibility index (Phi) is 6.04. The Labute approximate surface area is 140 Å². The summed E-state index contributed by atoms with van der Waals surface area (Å²) in [6.07, 6.45) is -0.148. The van der Waals surface area contributed by atoms with Crippen LogP contribution in [0.2, 0.25) is 0 Å². The maximum absolute atomic E-state index is 13.5. The number of halogens is 2. The number of amides is 1. The number of hydrogen-bond acceptors (Lipinski definition) is 2. The van der Waals surface area contributed by atoms with E-state index in [2.05, 4.69) is 19.2 Å². The largest absolute Gasteiger partial charge is 0.354 e. The Bertz CT molecular complexity index is 699. The van der Waals surface area contributed by atoms with Crippen molar-refractivity contribution >= 4 is 5.91 Å². The summed E-state index contributed by atoms with van der Waals surface area (Å²) in [4.78, 5) is 11.9. The molecular formula is C19H22F2N2O. The predicted octanol–water partition coefficient (Wildman–Crippen LogP) is 3.45. The Morgan fingerprint density at radius 1 is 1.08 bits per heavy atom. The quantitative estimate of drug-likeness (QED) is 0.851. The van der Waals surface area contributed by atoms with E-state index < -0.39 is 11.6 Å². The predicted molar refractivity (Wildman–Crippen MR) is 90.5 cm³/mol. The second kappa shape index (κ2) is 8.02. The number of hydrogen-bond donors (Lipinski definition) is 2. The van der Waals surface area contributed by atoms with E-state index in [4.69, 9.17) is 5.73 Å². The summed E-state index contributed by atoms with van der Waals surface area (Å²) in [5.74, 6) is -1.29. The lowest BCUT2D eigenvalue weighted by molar-refractivity contribution is -0.120. The molecule has 1 unspecified atom stereocenters. The van der Waals surface area contributed by atoms with Crippen LogP contribution < -0.4 is 11.1 Å². The van der Waals surface area contributed by atoms with Crippen molar-refractivity contribution in [3.05, 3.63) is 70.8 Å². The van der Waals surface area contributed by atoms with Crippen molar-refractivity contribution in [3.8, 4) is 0 Å². The van der Waals surface area contributed by atoms with E-state index in [-0.39, 0.29) is 30.5 Å². The van der Waals surface area contributed by atoms with Crippen molar-refractivity contribution in [1.82, 2.24) is 5.32 Å². The second-order valence-electron chi connectivity index (χ2n) is 6.14. The zero-order valence-corrected chi connectivity index (χ0v) is 13.9. The van der Waals surface area contributed by atoms with Gasteiger partial charge in [-0.1, -0.05) is 44.2 Å². The van der Waals surface area contributed by atoms with Gasteiger partial charge in [0.1, 0.15) is 11.6 Å². The van der Waals surface area contributed by atoms with Gasteiger partial charge in [0.2, 0.25) is 5.91 Å². The standard InChI is InChI=1S/C19H22F2N2O/c1-12(2)13-3-5-14(6-4-13)18(22)11-23-19(24)9-15-7-8-16(20)10-17(15)21/h3-8,10,12,18H,9,11,22H2,1-2H3,(H,23,24). The minimum absolute atomic E-state index is 0.148. The molecule has 0 aliphatic carbocycles. The van der Waals surface area contributed by atoms with Crippen molar-refractivity contribution in [2.24, 2.45) is 5.73 Å². The van der Waals surface area contributed by atoms with Crippen molar-refractivity contribution in [2.45, 2.75) is 32.2 Å². The summed E-state index contributed by atoms with van der Waals surface area (Å²) in [6, 6.07) is 10.8. The van der Waals surface area contributed by atoms with E-state index >= 15 is 0 Å². The summed E-state index contributed by atoms with van der Waals surface area (Å²) in [7, 11) is 0. The molecule has 1 atom stereocenters. The van der Waals surface area contributed by atoms with Crippen LogP contribution in [0.3, 0.4) is 0 Å². The van der Waals surface area contributed by atoms with Crippen molar-refractivity contribution in [2.75, 3.05) is 6.54 Å². The molecule has 0 aromatic heterocycles. The molecule has 3 nitrogen and oxygen atoms in total. The minimum atomic E-state index is -0.723. The van der Waals surface area contributed by atoms with Gasteiger partial charge in [-0.15, -0.1) is 0 Å². The molecule has 24 heavy (non-hydrogen) atoms. The first-order valence-electron chi connectivity index (χ1n) is 7.93. The zero-order chi connectivity index (χ0) is 17.7. The molecule has 0 bridgehead atoms. The van der Waals surface area contributed by atoms with Gasteiger partial charge in [-0.05, 0) is 28.7 Å². The van der Waals surface area contributed by atoms with Gasteiger partial charge in [0, 0.05) is 18.7 Å². The molecule has 3 N–H and O–H groups in total. The van der Waals surface area contributed by atoms with Crippen molar-refractivity contribution in [3.63, 3.8) is 0 Å². The smallest absolute Gasteiger partial charge is 0.224 e. The molecule has 0 saturated carbocycles. The summed E-state index contributed by atoms with van der Waals surface area (Å²) < 4.78 is 26.4. The highest BCUT2D eigenvalue weighted by atomic mass is 19.1. The Morgan fingerprint density at radius 2 is 1.71 bits per heavy atom. The molecule has 0 saturated heterocycles. The molecule has 2 aromatic rings. The first-order valence-corrected chi connectivity index (χ1v) is 7.93. The second-order valence-corrected chi connectivity index (χ2v) is 6.14. The fraction of sp³-hybridized carbons (Fsp3) is 0.316. The highest BCUT2D eigenvalue weighted by molar-refractivity contribution is 5.78. The van der Waals surface area contributed by atoms with E-state index in [0.717, 1.165) is 17.7 Å². The molecule has 0 spiro atoms. The van der Waals surface area contributed by atoms with E-state index in [0.29, 0.717) is 5.92 Å². The van der Waals surface area contributed by atoms with Gasteiger partial charge in [0.05, 0.1) is 6.42 Å². The number of benzene rings is 2. The fourth-order valence-corrected chi connectivity index (χ4v) is 2.37. The fourth-order valence-electron chi connectivity index (χ4n) is 2.37. The highest BCUT2D eigenvalue weighted by Crippen LogP contribution is 2.17. The third kappa shape index (κ3) is 4.86. The number of carbonyl (C=O) groups is 1. The monoisotopic (exact) mass is 332 g/mol. The van der Waals surface area contributed by atoms with Crippen LogP contribution >= 0.6 is 0 Å². The summed E-state index contributed by atoms with van der Waals surface area (Å²) in [5, 5.41) is 2.68. The van der Waals surface area contributed by atoms with Crippen molar-refractivity contribution in [1.29, 1.82) is 0 Å². The van der Waals surface area contributed by atoms with E-state index in [1.165, 1.54) is 11.6 Å². The molecule has 0 heterocycles. The van der Waals surface area contributed by atoms with E-state index in [1.807, 2.05) is 24.3 Å². The molecule has 2 rings (SSSR count). The summed E-state index contributed by atoms with van der Waals surface area (Å²) >= 11 is 0. The van der Waals surface area contributed by atoms with Gasteiger partial charge < -0.3 is 11.1 Å². The highest BCUT2D eigenvalue weighted by Gasteiger charge is 2.12. The van der Waals surface area contributed by atoms with E-state index in [1.54, 1.807) is 0 Å². The van der Waals surface area contributed by atoms with Gasteiger partial charge in [-0.2, -0.15) is 0 Å². The molecule has 0 aliphatic rings. The first-order chi connectivity index (χ1) is 11.4. The van der Waals surface area contributed by atoms with Crippen LogP contribution in [0.5, 0.6) is 0 Å². The van der Waals surface area contributed by atoms with Crippen LogP contribution in [0.1, 0.15) is 42.5 Å². The molecule has 0 aliphatic heterocycles. The van der Waals surface area contributed by atoms with Gasteiger partial charge in [-0.25, -0.2) is 8.78 Å². The van der Waals surface area contributed by atoms with Crippen LogP contribution in [0.15, 0.2) is 42.5 Å². The molecule has 0 radical (unpaired) electrons. The van der Waals surface area contributed by atoms with Gasteiger partial charge in [0.25, 0.3) is 0 Å². The van der Waals surface area contributed by atoms with Crippen LogP contribution in [-0.4, -0.2) is 12.5 Å². The van der Waals surface area contributed by atoms with Gasteiger partial charge >= 0.3 is 0 Å². The molecule has 128 valence electrons. The third-order valence-electron chi connectivity index (χ3n) is 3.92. The number of rotatable bonds is 6. The Morgan fingerprint density at radius 3 is 2.29 bits per heavy atom. The lowest BCUT2D eigenvalue weighted by Gasteiger charge is -2.15. The van der Waals surface area contributed by atoms with Crippen LogP contribution in [-0.2, 0) is 11.2 Å². The lowest BCUT2D eigenvalue weighted by atomic mass is 9.99. The van der Waals surface area contributed by atoms with Crippen LogP contribution in [0.25, 0.3) is 0 Å². The Hall–Kier alpha value is -2.27. The van der Waals surface area contributed by atoms with Crippen molar-refractivity contribution < 1.29 is 13.6 Å². The maximum Gasteiger partial charge on any atom is 0.224 e. The molecule has 5 heteroatoms. The number of nitrogens with one attached hydrogen (secondary N) is 1. The van der Waals surface area contributed by atoms with Crippen LogP contribution in [0.4, 0.5) is 8.78 Å². The Balaban J connectivity index is 1.88. The number of carbonyl (C=O) groups excluding carboxylic acids is 1. The molecule has 1 amide bonds. The molecular weight excluding hydrogens is 310 g/mol. The lowest BCUT2D eigenvalue weighted by Crippen LogP contribution is -2.33. The molecule has 0 fully saturated rings. The average Bonchev–Trinajstić information content (AvgIpc) is 2.55. The maximum atomic E-state index is 13.5. The normalized spacial score (nSPS) is 12.2. The van der Waals surface area contributed by atoms with Gasteiger partial charge in [-0.3, -0.25) is 4.79 Å². The number of nitrogens with two attached hydrogens (primary N) is 1. The first kappa shape index (κ1) is 18.1. The minimum Gasteiger partial charge on any atom is -0.354 e. The van der Waals surface area contributed by atoms with Crippen LogP contribution in [0, 0.1) is 11.6 Å². The summed E-state index contributed by atoms with van der Waals surface area (Å²) in [6.45, 7) is 4.48. The zero-order valence-electron chi connectivity index (χ0n) is 13.9. The summed E-state index contributed by atoms with van der Waals surface area (Å²) in [5.41, 5.74) is 8.38. The SMILES string of the molecule is CC(C)c1ccc(C(N)CNC(=O)Cc2ccc(F)cc2F)cc1. The molecule has 2 aromatic carbocycles. The van der Waals surface area contributed by atoms with E-state index in [9.17, 15) is 13.6 Å². The third-order valence-corrected chi connectivity index (χ3v) is 3.92. The topological polar surface area (TPSA) is 55.1 Å². The van der Waals surface area contributed by atoms with Gasteiger partial charge in [0.15, 0.2) is 0 Å².